The minimum atomic E-state index is 0.151. The van der Waals surface area contributed by atoms with Crippen molar-refractivity contribution >= 4 is 17.6 Å². The van der Waals surface area contributed by atoms with Gasteiger partial charge in [-0.1, -0.05) is 51.0 Å². The van der Waals surface area contributed by atoms with Gasteiger partial charge in [0.25, 0.3) is 0 Å². The van der Waals surface area contributed by atoms with Gasteiger partial charge in [-0.2, -0.15) is 9.97 Å². The van der Waals surface area contributed by atoms with Crippen LogP contribution in [0.25, 0.3) is 0 Å². The largest absolute Gasteiger partial charge is 0.370 e. The zero-order valence-electron chi connectivity index (χ0n) is 24.0. The van der Waals surface area contributed by atoms with Gasteiger partial charge in [0.15, 0.2) is 0 Å². The third kappa shape index (κ3) is 9.78. The number of unbranched alkanes of at least 4 members (excludes halogenated alkanes) is 1. The minimum Gasteiger partial charge on any atom is -0.370 e. The normalized spacial score (nSPS) is 14.5. The first kappa shape index (κ1) is 29.2. The standard InChI is InChI=1S/C30H51N7/c1-6-8-18-32-27-26(17-12-20-37-21-23-14-9-10-15-24(23)22-37)28(36-29(31)35-27)34-25(13-7-2)16-11-19-33-30(3,4)5/h9-10,14-15,25,33H,6-8,11-13,16-22H2,1-5H3,(H4,31,32,34,35,36). The minimum absolute atomic E-state index is 0.151. The Hall–Kier alpha value is -2.38. The van der Waals surface area contributed by atoms with Crippen molar-refractivity contribution in [2.45, 2.75) is 111 Å². The summed E-state index contributed by atoms with van der Waals surface area (Å²) in [5.74, 6) is 2.15. The number of hydrogen-bond acceptors (Lipinski definition) is 7. The van der Waals surface area contributed by atoms with Crippen molar-refractivity contribution in [2.75, 3.05) is 36.0 Å². The number of aromatic nitrogens is 2. The topological polar surface area (TPSA) is 91.1 Å². The maximum absolute atomic E-state index is 6.21. The van der Waals surface area contributed by atoms with Gasteiger partial charge in [0.1, 0.15) is 11.6 Å². The molecule has 0 saturated heterocycles. The molecule has 2 aromatic rings. The Balaban J connectivity index is 1.68. The molecule has 0 spiro atoms. The number of nitrogen functional groups attached to an aromatic ring is 1. The fraction of sp³-hybridized carbons (Fsp3) is 0.667. The second-order valence-electron chi connectivity index (χ2n) is 11.6. The average molecular weight is 510 g/mol. The van der Waals surface area contributed by atoms with E-state index < -0.39 is 0 Å². The molecule has 37 heavy (non-hydrogen) atoms. The smallest absolute Gasteiger partial charge is 0.223 e. The first-order valence-electron chi connectivity index (χ1n) is 14.5. The van der Waals surface area contributed by atoms with E-state index in [4.69, 9.17) is 10.7 Å². The zero-order chi connectivity index (χ0) is 26.7. The molecule has 1 aromatic carbocycles. The lowest BCUT2D eigenvalue weighted by atomic mass is 10.0. The number of nitrogens with one attached hydrogen (secondary N) is 3. The fourth-order valence-corrected chi connectivity index (χ4v) is 5.07. The lowest BCUT2D eigenvalue weighted by Crippen LogP contribution is -2.36. The van der Waals surface area contributed by atoms with Crippen LogP contribution in [0.3, 0.4) is 0 Å². The van der Waals surface area contributed by atoms with E-state index in [1.54, 1.807) is 0 Å². The molecule has 1 atom stereocenters. The van der Waals surface area contributed by atoms with Crippen LogP contribution in [0, 0.1) is 0 Å². The SMILES string of the molecule is CCCCNc1nc(N)nc(NC(CCC)CCCNC(C)(C)C)c1CCCN1Cc2ccccc2C1. The maximum atomic E-state index is 6.21. The van der Waals surface area contributed by atoms with E-state index in [1.807, 2.05) is 0 Å². The summed E-state index contributed by atoms with van der Waals surface area (Å²) in [7, 11) is 0. The number of nitrogens with two attached hydrogens (primary N) is 1. The molecule has 7 heteroatoms. The van der Waals surface area contributed by atoms with Crippen molar-refractivity contribution in [2.24, 2.45) is 0 Å². The van der Waals surface area contributed by atoms with Gasteiger partial charge in [-0.15, -0.1) is 0 Å². The molecular formula is C30H51N7. The predicted molar refractivity (Wildman–Crippen MR) is 158 cm³/mol. The molecule has 7 nitrogen and oxygen atoms in total. The lowest BCUT2D eigenvalue weighted by molar-refractivity contribution is 0.280. The first-order chi connectivity index (χ1) is 17.8. The van der Waals surface area contributed by atoms with Crippen LogP contribution in [0.1, 0.15) is 96.3 Å². The molecule has 0 radical (unpaired) electrons. The van der Waals surface area contributed by atoms with Crippen molar-refractivity contribution in [3.8, 4) is 0 Å². The Morgan fingerprint density at radius 2 is 1.62 bits per heavy atom. The summed E-state index contributed by atoms with van der Waals surface area (Å²) in [5.41, 5.74) is 10.5. The average Bonchev–Trinajstić information content (AvgIpc) is 3.26. The molecular weight excluding hydrogens is 458 g/mol. The van der Waals surface area contributed by atoms with Crippen LogP contribution in [0.5, 0.6) is 0 Å². The van der Waals surface area contributed by atoms with E-state index in [1.165, 1.54) is 16.7 Å². The third-order valence-electron chi connectivity index (χ3n) is 7.02. The summed E-state index contributed by atoms with van der Waals surface area (Å²) < 4.78 is 0. The first-order valence-corrected chi connectivity index (χ1v) is 14.5. The van der Waals surface area contributed by atoms with E-state index in [2.05, 4.69) is 84.7 Å². The highest BCUT2D eigenvalue weighted by Gasteiger charge is 2.20. The number of benzene rings is 1. The number of anilines is 3. The molecule has 5 N–H and O–H groups in total. The second-order valence-corrected chi connectivity index (χ2v) is 11.6. The van der Waals surface area contributed by atoms with Gasteiger partial charge in [-0.25, -0.2) is 0 Å². The third-order valence-corrected chi connectivity index (χ3v) is 7.02. The Morgan fingerprint density at radius 3 is 2.27 bits per heavy atom. The Bertz CT molecular complexity index is 928. The van der Waals surface area contributed by atoms with Crippen LogP contribution in [0.15, 0.2) is 24.3 Å². The second kappa shape index (κ2) is 14.5. The zero-order valence-corrected chi connectivity index (χ0v) is 24.0. The van der Waals surface area contributed by atoms with Crippen molar-refractivity contribution in [1.29, 1.82) is 0 Å². The van der Waals surface area contributed by atoms with Gasteiger partial charge >= 0.3 is 0 Å². The van der Waals surface area contributed by atoms with Crippen LogP contribution in [0.2, 0.25) is 0 Å². The Labute approximate surface area is 225 Å². The van der Waals surface area contributed by atoms with Crippen molar-refractivity contribution in [1.82, 2.24) is 20.2 Å². The summed E-state index contributed by atoms with van der Waals surface area (Å²) >= 11 is 0. The lowest BCUT2D eigenvalue weighted by Gasteiger charge is -2.24. The molecule has 3 rings (SSSR count). The highest BCUT2D eigenvalue weighted by Crippen LogP contribution is 2.27. The van der Waals surface area contributed by atoms with Crippen LogP contribution in [-0.4, -0.2) is 46.1 Å². The molecule has 1 aliphatic heterocycles. The molecule has 2 heterocycles. The number of fused-ring (bicyclic) bond motifs is 1. The van der Waals surface area contributed by atoms with Gasteiger partial charge in [-0.3, -0.25) is 4.90 Å². The molecule has 0 bridgehead atoms. The van der Waals surface area contributed by atoms with Crippen molar-refractivity contribution < 1.29 is 0 Å². The Morgan fingerprint density at radius 1 is 0.919 bits per heavy atom. The number of rotatable bonds is 16. The summed E-state index contributed by atoms with van der Waals surface area (Å²) in [6.07, 6.45) is 8.72. The summed E-state index contributed by atoms with van der Waals surface area (Å²) in [4.78, 5) is 11.9. The molecule has 1 aromatic heterocycles. The Kier molecular flexibility index (Phi) is 11.5. The van der Waals surface area contributed by atoms with Crippen LogP contribution >= 0.6 is 0 Å². The van der Waals surface area contributed by atoms with Crippen LogP contribution in [0.4, 0.5) is 17.6 Å². The molecule has 206 valence electrons. The van der Waals surface area contributed by atoms with Gasteiger partial charge < -0.3 is 21.7 Å². The molecule has 0 amide bonds. The summed E-state index contributed by atoms with van der Waals surface area (Å²) in [6, 6.07) is 9.17. The van der Waals surface area contributed by atoms with E-state index in [0.717, 1.165) is 95.7 Å². The number of nitrogens with zero attached hydrogens (tertiary/aromatic N) is 3. The van der Waals surface area contributed by atoms with Crippen molar-refractivity contribution in [3.63, 3.8) is 0 Å². The van der Waals surface area contributed by atoms with Gasteiger partial charge in [0.2, 0.25) is 5.95 Å². The maximum Gasteiger partial charge on any atom is 0.223 e. The highest BCUT2D eigenvalue weighted by molar-refractivity contribution is 5.61. The highest BCUT2D eigenvalue weighted by atomic mass is 15.2. The van der Waals surface area contributed by atoms with Gasteiger partial charge in [0.05, 0.1) is 0 Å². The number of hydrogen-bond donors (Lipinski definition) is 4. The van der Waals surface area contributed by atoms with Gasteiger partial charge in [-0.05, 0) is 83.5 Å². The monoisotopic (exact) mass is 509 g/mol. The van der Waals surface area contributed by atoms with E-state index in [9.17, 15) is 0 Å². The fourth-order valence-electron chi connectivity index (χ4n) is 5.07. The quantitative estimate of drug-likeness (QED) is 0.207. The molecule has 0 fully saturated rings. The summed E-state index contributed by atoms with van der Waals surface area (Å²) in [6.45, 7) is 16.2. The molecule has 1 unspecified atom stereocenters. The molecule has 1 aliphatic rings. The van der Waals surface area contributed by atoms with Crippen molar-refractivity contribution in [3.05, 3.63) is 41.0 Å². The summed E-state index contributed by atoms with van der Waals surface area (Å²) in [5, 5.41) is 11.0. The van der Waals surface area contributed by atoms with E-state index in [-0.39, 0.29) is 5.54 Å². The molecule has 0 saturated carbocycles. The van der Waals surface area contributed by atoms with Gasteiger partial charge in [0, 0.05) is 36.8 Å². The van der Waals surface area contributed by atoms with E-state index >= 15 is 0 Å². The van der Waals surface area contributed by atoms with E-state index in [0.29, 0.717) is 12.0 Å². The molecule has 0 aliphatic carbocycles. The van der Waals surface area contributed by atoms with Crippen LogP contribution in [-0.2, 0) is 19.5 Å². The predicted octanol–water partition coefficient (Wildman–Crippen LogP) is 5.97. The van der Waals surface area contributed by atoms with Crippen LogP contribution < -0.4 is 21.7 Å².